The molecular weight excluding hydrogens is 577 g/mol. The first-order valence-electron chi connectivity index (χ1n) is 15.8. The molecular formula is C43H28NOP. The maximum absolute atomic E-state index is 16.2. The summed E-state index contributed by atoms with van der Waals surface area (Å²) in [5, 5.41) is 5.16. The summed E-state index contributed by atoms with van der Waals surface area (Å²) in [5.41, 5.74) is 9.70. The highest BCUT2D eigenvalue weighted by atomic mass is 31.2. The topological polar surface area (TPSA) is 22.0 Å². The van der Waals surface area contributed by atoms with E-state index >= 15 is 4.57 Å². The Balaban J connectivity index is 1.44. The van der Waals surface area contributed by atoms with E-state index in [1.165, 1.54) is 32.9 Å². The van der Waals surface area contributed by atoms with E-state index in [0.717, 1.165) is 43.9 Å². The molecule has 7 aromatic carbocycles. The van der Waals surface area contributed by atoms with E-state index in [1.54, 1.807) is 0 Å². The van der Waals surface area contributed by atoms with Gasteiger partial charge in [0.05, 0.1) is 22.1 Å². The van der Waals surface area contributed by atoms with Crippen LogP contribution in [0.25, 0.3) is 38.6 Å². The molecule has 10 rings (SSSR count). The number of hydrogen-bond acceptors (Lipinski definition) is 1. The van der Waals surface area contributed by atoms with Crippen molar-refractivity contribution >= 4 is 44.9 Å². The van der Waals surface area contributed by atoms with Gasteiger partial charge in [-0.2, -0.15) is 0 Å². The number of nitrogens with zero attached hydrogens (tertiary/aromatic N) is 1. The largest absolute Gasteiger partial charge is 0.309 e. The molecule has 2 nitrogen and oxygen atoms in total. The van der Waals surface area contributed by atoms with E-state index in [2.05, 4.69) is 138 Å². The molecule has 3 heterocycles. The number of rotatable bonds is 2. The second-order valence-corrected chi connectivity index (χ2v) is 15.1. The SMILES string of the molecule is O=P1(c2ccccc2)c2ccccc2C2(c3ccccc3-n3c4ccccc4c4cccc2c43)c2ccc(-c3ccccc3)cc21. The first-order valence-corrected chi connectivity index (χ1v) is 17.5. The maximum Gasteiger partial charge on any atom is 0.171 e. The Bertz CT molecular complexity index is 2560. The first kappa shape index (κ1) is 25.9. The van der Waals surface area contributed by atoms with Crippen LogP contribution in [-0.4, -0.2) is 4.57 Å². The fraction of sp³-hybridized carbons (Fsp3) is 0.0233. The van der Waals surface area contributed by atoms with Crippen LogP contribution < -0.4 is 15.9 Å². The van der Waals surface area contributed by atoms with Crippen LogP contribution in [0.3, 0.4) is 0 Å². The third-order valence-corrected chi connectivity index (χ3v) is 13.4. The molecule has 0 bridgehead atoms. The van der Waals surface area contributed by atoms with E-state index in [-0.39, 0.29) is 0 Å². The van der Waals surface area contributed by atoms with Crippen LogP contribution >= 0.6 is 7.14 Å². The molecule has 3 heteroatoms. The highest BCUT2D eigenvalue weighted by molar-refractivity contribution is 7.85. The summed E-state index contributed by atoms with van der Waals surface area (Å²) in [7, 11) is -3.29. The summed E-state index contributed by atoms with van der Waals surface area (Å²) in [6, 6.07) is 60.1. The van der Waals surface area contributed by atoms with Crippen molar-refractivity contribution in [3.8, 4) is 16.8 Å². The van der Waals surface area contributed by atoms with Crippen molar-refractivity contribution in [1.82, 2.24) is 4.57 Å². The van der Waals surface area contributed by atoms with Crippen LogP contribution in [0.5, 0.6) is 0 Å². The van der Waals surface area contributed by atoms with Gasteiger partial charge in [0, 0.05) is 26.7 Å². The van der Waals surface area contributed by atoms with E-state index < -0.39 is 12.6 Å². The highest BCUT2D eigenvalue weighted by Gasteiger charge is 2.54. The third kappa shape index (κ3) is 3.10. The van der Waals surface area contributed by atoms with Crippen molar-refractivity contribution in [3.63, 3.8) is 0 Å². The van der Waals surface area contributed by atoms with Gasteiger partial charge in [-0.05, 0) is 51.6 Å². The molecule has 0 N–H and O–H groups in total. The van der Waals surface area contributed by atoms with Crippen LogP contribution in [-0.2, 0) is 9.98 Å². The number of para-hydroxylation sites is 3. The summed E-state index contributed by atoms with van der Waals surface area (Å²) in [6.07, 6.45) is 0. The van der Waals surface area contributed by atoms with Crippen LogP contribution in [0.2, 0.25) is 0 Å². The van der Waals surface area contributed by atoms with Crippen molar-refractivity contribution in [2.75, 3.05) is 0 Å². The Labute approximate surface area is 267 Å². The quantitative estimate of drug-likeness (QED) is 0.180. The zero-order chi connectivity index (χ0) is 30.5. The van der Waals surface area contributed by atoms with Crippen molar-refractivity contribution in [1.29, 1.82) is 0 Å². The van der Waals surface area contributed by atoms with Crippen LogP contribution in [0, 0.1) is 0 Å². The molecule has 1 spiro atoms. The van der Waals surface area contributed by atoms with Gasteiger partial charge in [0.15, 0.2) is 7.14 Å². The monoisotopic (exact) mass is 605 g/mol. The average molecular weight is 606 g/mol. The zero-order valence-electron chi connectivity index (χ0n) is 25.0. The minimum atomic E-state index is -3.29. The molecule has 8 aromatic rings. The summed E-state index contributed by atoms with van der Waals surface area (Å²) in [5.74, 6) is 0. The molecule has 0 radical (unpaired) electrons. The fourth-order valence-electron chi connectivity index (χ4n) is 8.46. The van der Waals surface area contributed by atoms with Crippen molar-refractivity contribution in [2.45, 2.75) is 5.41 Å². The van der Waals surface area contributed by atoms with Gasteiger partial charge in [0.1, 0.15) is 0 Å². The van der Waals surface area contributed by atoms with E-state index in [1.807, 2.05) is 36.4 Å². The lowest BCUT2D eigenvalue weighted by molar-refractivity contribution is 0.590. The molecule has 2 unspecified atom stereocenters. The molecule has 216 valence electrons. The molecule has 46 heavy (non-hydrogen) atoms. The van der Waals surface area contributed by atoms with Crippen molar-refractivity contribution in [3.05, 3.63) is 192 Å². The van der Waals surface area contributed by atoms with Crippen molar-refractivity contribution in [2.24, 2.45) is 0 Å². The Morgan fingerprint density at radius 2 is 1.09 bits per heavy atom. The summed E-state index contributed by atoms with van der Waals surface area (Å²) in [4.78, 5) is 0. The normalized spacial score (nSPS) is 19.1. The molecule has 0 fully saturated rings. The third-order valence-electron chi connectivity index (χ3n) is 10.3. The fourth-order valence-corrected chi connectivity index (χ4v) is 11.6. The first-order chi connectivity index (χ1) is 22.7. The van der Waals surface area contributed by atoms with Gasteiger partial charge in [-0.1, -0.05) is 152 Å². The Hall–Kier alpha value is -5.43. The van der Waals surface area contributed by atoms with E-state index in [4.69, 9.17) is 0 Å². The summed E-state index contributed by atoms with van der Waals surface area (Å²) < 4.78 is 18.7. The molecule has 0 amide bonds. The standard InChI is InChI=1S/C43H28NOP/c45-46(31-16-5-2-6-17-31)40-25-12-9-21-35(40)43(36-27-26-30(28-41(36)46)29-14-3-1-4-15-29)34-20-8-11-24-39(34)44-38-23-10-7-18-32(38)33-19-13-22-37(43)42(33)44/h1-28H. The maximum atomic E-state index is 16.2. The molecule has 0 saturated carbocycles. The lowest BCUT2D eigenvalue weighted by Gasteiger charge is -2.47. The van der Waals surface area contributed by atoms with Gasteiger partial charge in [-0.25, -0.2) is 0 Å². The Morgan fingerprint density at radius 1 is 0.457 bits per heavy atom. The minimum Gasteiger partial charge on any atom is -0.309 e. The van der Waals surface area contributed by atoms with Gasteiger partial charge in [0.25, 0.3) is 0 Å². The number of hydrogen-bond donors (Lipinski definition) is 0. The van der Waals surface area contributed by atoms with Crippen LogP contribution in [0.15, 0.2) is 170 Å². The van der Waals surface area contributed by atoms with E-state index in [9.17, 15) is 0 Å². The van der Waals surface area contributed by atoms with Crippen molar-refractivity contribution < 1.29 is 4.57 Å². The van der Waals surface area contributed by atoms with Crippen LogP contribution in [0.1, 0.15) is 22.3 Å². The van der Waals surface area contributed by atoms with Crippen LogP contribution in [0.4, 0.5) is 0 Å². The number of fused-ring (bicyclic) bond motifs is 11. The van der Waals surface area contributed by atoms with Gasteiger partial charge >= 0.3 is 0 Å². The lowest BCUT2D eigenvalue weighted by atomic mass is 9.62. The number of benzene rings is 7. The second-order valence-electron chi connectivity index (χ2n) is 12.4. The molecule has 1 aromatic heterocycles. The molecule has 0 aliphatic carbocycles. The molecule has 2 aliphatic heterocycles. The smallest absolute Gasteiger partial charge is 0.171 e. The Morgan fingerprint density at radius 3 is 1.93 bits per heavy atom. The molecule has 2 aliphatic rings. The summed E-state index contributed by atoms with van der Waals surface area (Å²) in [6.45, 7) is 0. The van der Waals surface area contributed by atoms with Gasteiger partial charge in [-0.15, -0.1) is 0 Å². The molecule has 0 saturated heterocycles. The molecule has 2 atom stereocenters. The highest BCUT2D eigenvalue weighted by Crippen LogP contribution is 2.60. The minimum absolute atomic E-state index is 0.676. The Kier molecular flexibility index (Phi) is 5.23. The van der Waals surface area contributed by atoms with Gasteiger partial charge in [-0.3, -0.25) is 0 Å². The predicted octanol–water partition coefficient (Wildman–Crippen LogP) is 9.10. The summed E-state index contributed by atoms with van der Waals surface area (Å²) >= 11 is 0. The van der Waals surface area contributed by atoms with E-state index in [0.29, 0.717) is 0 Å². The second kappa shape index (κ2) is 9.30. The van der Waals surface area contributed by atoms with Gasteiger partial charge in [0.2, 0.25) is 0 Å². The average Bonchev–Trinajstić information content (AvgIpc) is 3.48. The zero-order valence-corrected chi connectivity index (χ0v) is 25.9. The predicted molar refractivity (Wildman–Crippen MR) is 191 cm³/mol. The number of aromatic nitrogens is 1. The lowest BCUT2D eigenvalue weighted by Crippen LogP contribution is -2.48. The van der Waals surface area contributed by atoms with Gasteiger partial charge < -0.3 is 9.13 Å².